The van der Waals surface area contributed by atoms with Crippen molar-refractivity contribution in [2.24, 2.45) is 92.7 Å². The maximum absolute atomic E-state index is 8.76. The molecule has 0 aromatic carbocycles. The van der Waals surface area contributed by atoms with Crippen molar-refractivity contribution in [2.45, 2.75) is 295 Å². The van der Waals surface area contributed by atoms with Crippen molar-refractivity contribution in [2.75, 3.05) is 27.3 Å². The highest BCUT2D eigenvalue weighted by Gasteiger charge is 2.47. The van der Waals surface area contributed by atoms with Crippen molar-refractivity contribution in [1.29, 1.82) is 0 Å². The number of nitrogens with zero attached hydrogens (tertiary/aromatic N) is 1. The van der Waals surface area contributed by atoms with Gasteiger partial charge in [0.25, 0.3) is 0 Å². The molecule has 0 amide bonds. The SMILES string of the molecule is CC(C)C(C)(C)C.CC(C)C(C)(C)CO.CC(C)C(C)C.CC(C)C1(C)CC1.CC(C)C1(C)CCC1.CC(C)C1(N(C)C)CC1.CC(C)C1CC1.CC(C)C1CCC1.CCOC1(C(C)C)CC1. The third kappa shape index (κ3) is 31.2. The molecule has 6 fully saturated rings. The van der Waals surface area contributed by atoms with E-state index in [-0.39, 0.29) is 12.0 Å². The van der Waals surface area contributed by atoms with Crippen LogP contribution in [-0.4, -0.2) is 48.5 Å². The van der Waals surface area contributed by atoms with Crippen molar-refractivity contribution in [3.8, 4) is 0 Å². The molecule has 1 N–H and O–H groups in total. The van der Waals surface area contributed by atoms with Crippen molar-refractivity contribution in [1.82, 2.24) is 4.90 Å². The average molecular weight is 951 g/mol. The number of aliphatic hydroxyl groups is 1. The van der Waals surface area contributed by atoms with Gasteiger partial charge in [0.15, 0.2) is 0 Å². The first-order chi connectivity index (χ1) is 30.3. The first-order valence-electron chi connectivity index (χ1n) is 29.2. The van der Waals surface area contributed by atoms with Crippen LogP contribution < -0.4 is 0 Å². The Morgan fingerprint density at radius 2 is 0.851 bits per heavy atom. The molecule has 67 heavy (non-hydrogen) atoms. The first kappa shape index (κ1) is 71.1. The van der Waals surface area contributed by atoms with Crippen LogP contribution in [0.3, 0.4) is 0 Å². The Morgan fingerprint density at radius 3 is 0.866 bits per heavy atom. The Kier molecular flexibility index (Phi) is 34.9. The van der Waals surface area contributed by atoms with Crippen LogP contribution in [0.1, 0.15) is 284 Å². The Morgan fingerprint density at radius 1 is 0.493 bits per heavy atom. The minimum atomic E-state index is 0.0972. The lowest BCUT2D eigenvalue weighted by Crippen LogP contribution is -2.34. The van der Waals surface area contributed by atoms with Crippen LogP contribution in [0.2, 0.25) is 0 Å². The minimum Gasteiger partial charge on any atom is -0.396 e. The molecule has 0 spiro atoms. The summed E-state index contributed by atoms with van der Waals surface area (Å²) in [5.41, 5.74) is 2.95. The first-order valence-corrected chi connectivity index (χ1v) is 29.2. The van der Waals surface area contributed by atoms with Gasteiger partial charge in [-0.3, -0.25) is 0 Å². The van der Waals surface area contributed by atoms with Crippen LogP contribution in [0.25, 0.3) is 0 Å². The number of hydrogen-bond donors (Lipinski definition) is 1. The third-order valence-corrected chi connectivity index (χ3v) is 19.0. The summed E-state index contributed by atoms with van der Waals surface area (Å²) in [6, 6.07) is 0. The largest absolute Gasteiger partial charge is 0.396 e. The van der Waals surface area contributed by atoms with E-state index in [1.54, 1.807) is 0 Å². The lowest BCUT2D eigenvalue weighted by Gasteiger charge is -2.42. The Bertz CT molecular complexity index is 1100. The molecule has 0 bridgehead atoms. The second-order valence-electron chi connectivity index (χ2n) is 28.6. The molecule has 6 rings (SSSR count). The molecule has 0 atom stereocenters. The highest BCUT2D eigenvalue weighted by molar-refractivity contribution is 5.03. The lowest BCUT2D eigenvalue weighted by molar-refractivity contribution is 0.00838. The molecule has 0 aromatic rings. The summed E-state index contributed by atoms with van der Waals surface area (Å²) >= 11 is 0. The third-order valence-electron chi connectivity index (χ3n) is 19.0. The second kappa shape index (κ2) is 32.8. The van der Waals surface area contributed by atoms with Gasteiger partial charge in [0.2, 0.25) is 0 Å². The van der Waals surface area contributed by atoms with Gasteiger partial charge in [0, 0.05) is 18.8 Å². The van der Waals surface area contributed by atoms with E-state index in [9.17, 15) is 0 Å². The predicted octanol–water partition coefficient (Wildman–Crippen LogP) is 20.4. The fraction of sp³-hybridized carbons (Fsp3) is 1.00. The van der Waals surface area contributed by atoms with Gasteiger partial charge in [-0.05, 0) is 178 Å². The van der Waals surface area contributed by atoms with E-state index in [2.05, 4.69) is 213 Å². The van der Waals surface area contributed by atoms with E-state index >= 15 is 0 Å². The van der Waals surface area contributed by atoms with Gasteiger partial charge in [-0.2, -0.15) is 0 Å². The van der Waals surface area contributed by atoms with E-state index in [1.807, 2.05) is 0 Å². The molecule has 408 valence electrons. The van der Waals surface area contributed by atoms with Gasteiger partial charge in [-0.15, -0.1) is 0 Å². The van der Waals surface area contributed by atoms with Crippen molar-refractivity contribution in [3.63, 3.8) is 0 Å². The van der Waals surface area contributed by atoms with E-state index in [4.69, 9.17) is 9.84 Å². The van der Waals surface area contributed by atoms with E-state index in [0.29, 0.717) is 28.4 Å². The zero-order chi connectivity index (χ0) is 53.5. The average Bonchev–Trinajstić information content (AvgIpc) is 3.97. The van der Waals surface area contributed by atoms with Crippen LogP contribution in [0.4, 0.5) is 0 Å². The second-order valence-corrected chi connectivity index (χ2v) is 28.6. The molecule has 3 heteroatoms. The predicted molar refractivity (Wildman–Crippen MR) is 307 cm³/mol. The highest BCUT2D eigenvalue weighted by Crippen LogP contribution is 2.51. The number of hydrogen-bond acceptors (Lipinski definition) is 3. The summed E-state index contributed by atoms with van der Waals surface area (Å²) in [5, 5.41) is 8.76. The summed E-state index contributed by atoms with van der Waals surface area (Å²) in [6.07, 6.45) is 20.2. The molecule has 3 nitrogen and oxygen atoms in total. The maximum atomic E-state index is 8.76. The van der Waals surface area contributed by atoms with E-state index in [1.165, 1.54) is 89.9 Å². The summed E-state index contributed by atoms with van der Waals surface area (Å²) < 4.78 is 5.60. The molecule has 6 aliphatic carbocycles. The maximum Gasteiger partial charge on any atom is 0.0707 e. The monoisotopic (exact) mass is 950 g/mol. The van der Waals surface area contributed by atoms with Gasteiger partial charge >= 0.3 is 0 Å². The number of rotatable bonds is 12. The normalized spacial score (nSPS) is 20.1. The summed E-state index contributed by atoms with van der Waals surface area (Å²) in [5.74, 6) is 10.5. The van der Waals surface area contributed by atoms with Crippen LogP contribution in [-0.2, 0) is 4.74 Å². The van der Waals surface area contributed by atoms with Gasteiger partial charge in [-0.25, -0.2) is 0 Å². The Hall–Kier alpha value is -0.120. The Labute approximate surface area is 427 Å². The van der Waals surface area contributed by atoms with E-state index < -0.39 is 0 Å². The smallest absolute Gasteiger partial charge is 0.0707 e. The van der Waals surface area contributed by atoms with Crippen molar-refractivity contribution >= 4 is 0 Å². The molecule has 0 saturated heterocycles. The lowest BCUT2D eigenvalue weighted by atomic mass is 9.64. The van der Waals surface area contributed by atoms with Crippen molar-refractivity contribution < 1.29 is 9.84 Å². The van der Waals surface area contributed by atoms with E-state index in [0.717, 1.165) is 76.6 Å². The fourth-order valence-electron chi connectivity index (χ4n) is 7.11. The molecule has 0 aliphatic heterocycles. The summed E-state index contributed by atoms with van der Waals surface area (Å²) in [7, 11) is 4.38. The summed E-state index contributed by atoms with van der Waals surface area (Å²) in [6.45, 7) is 64.3. The van der Waals surface area contributed by atoms with Gasteiger partial charge in [0.1, 0.15) is 0 Å². The van der Waals surface area contributed by atoms with Gasteiger partial charge in [0.05, 0.1) is 5.60 Å². The molecular weight excluding hydrogens is 815 g/mol. The molecule has 0 aromatic heterocycles. The summed E-state index contributed by atoms with van der Waals surface area (Å²) in [4.78, 5) is 2.37. The van der Waals surface area contributed by atoms with Crippen molar-refractivity contribution in [3.05, 3.63) is 0 Å². The Balaban J connectivity index is -0.000000690. The van der Waals surface area contributed by atoms with Crippen LogP contribution in [0.15, 0.2) is 0 Å². The zero-order valence-corrected chi connectivity index (χ0v) is 52.5. The zero-order valence-electron chi connectivity index (χ0n) is 52.5. The quantitative estimate of drug-likeness (QED) is 0.212. The number of ether oxygens (including phenoxy) is 1. The van der Waals surface area contributed by atoms with Crippen LogP contribution in [0.5, 0.6) is 0 Å². The van der Waals surface area contributed by atoms with Crippen LogP contribution >= 0.6 is 0 Å². The number of aliphatic hydroxyl groups excluding tert-OH is 1. The molecule has 0 unspecified atom stereocenters. The standard InChI is InChI=1S/C8H17N.C8H16O.C8H16.C7H16O.2C7H14.C7H16.C6H12.C6H14/c1-7(2)8(5-6-8)9(3)4;1-4-9-8(5-6-8)7(2)3;1-7(2)8(3)5-4-6-8;1-6(2)7(3,4)5-8;1-6(2)7(3)4-5-7;1-6(2)7-4-3-5-7;1-6(2)7(3,4)5;1-5(2)6-3-4-6;1-5(2)6(3)4/h7H,5-6H2,1-4H3;7H,4-6H2,1-3H3;7H,4-6H2,1-3H3;6,8H,5H2,1-4H3;6H,4-5H2,1-3H3;6-7H,3-5H2,1-2H3;6H,1-5H3;5-6H,3-4H2,1-2H3;5-6H,1-4H3. The molecule has 0 radical (unpaired) electrons. The molecular formula is C64H135NO2. The fourth-order valence-corrected chi connectivity index (χ4v) is 7.11. The highest BCUT2D eigenvalue weighted by atomic mass is 16.5. The van der Waals surface area contributed by atoms with Gasteiger partial charge in [-0.1, -0.05) is 213 Å². The van der Waals surface area contributed by atoms with Crippen LogP contribution in [0, 0.1) is 92.7 Å². The molecule has 0 heterocycles. The minimum absolute atomic E-state index is 0.0972. The molecule has 6 aliphatic rings. The molecule has 6 saturated carbocycles. The van der Waals surface area contributed by atoms with Gasteiger partial charge < -0.3 is 14.7 Å². The topological polar surface area (TPSA) is 32.7 Å².